The van der Waals surface area contributed by atoms with Gasteiger partial charge in [-0.1, -0.05) is 13.5 Å². The molecule has 0 aliphatic carbocycles. The molecule has 2 nitrogen and oxygen atoms in total. The summed E-state index contributed by atoms with van der Waals surface area (Å²) in [6.45, 7) is 12.5. The molecule has 0 heterocycles. The van der Waals surface area contributed by atoms with Gasteiger partial charge in [0.1, 0.15) is 0 Å². The second kappa shape index (κ2) is 3.94. The highest BCUT2D eigenvalue weighted by Crippen LogP contribution is 2.18. The second-order valence-corrected chi connectivity index (χ2v) is 4.28. The fourth-order valence-electron chi connectivity index (χ4n) is 1.25. The summed E-state index contributed by atoms with van der Waals surface area (Å²) in [6, 6.07) is 0.296. The maximum Gasteiger partial charge on any atom is 0.0486 e. The lowest BCUT2D eigenvalue weighted by Gasteiger charge is -2.38. The summed E-state index contributed by atoms with van der Waals surface area (Å²) in [5, 5.41) is 0. The second-order valence-electron chi connectivity index (χ2n) is 4.28. The van der Waals surface area contributed by atoms with Gasteiger partial charge in [-0.05, 0) is 34.2 Å². The summed E-state index contributed by atoms with van der Waals surface area (Å²) in [5.74, 6) is 0. The van der Waals surface area contributed by atoms with Crippen molar-refractivity contribution in [3.05, 3.63) is 12.3 Å². The zero-order valence-corrected chi connectivity index (χ0v) is 9.02. The Kier molecular flexibility index (Phi) is 3.78. The van der Waals surface area contributed by atoms with Gasteiger partial charge in [-0.2, -0.15) is 0 Å². The third-order valence-corrected chi connectivity index (χ3v) is 2.34. The van der Waals surface area contributed by atoms with Crippen LogP contribution in [0.4, 0.5) is 0 Å². The van der Waals surface area contributed by atoms with Gasteiger partial charge in [0.25, 0.3) is 0 Å². The van der Waals surface area contributed by atoms with Crippen molar-refractivity contribution in [2.75, 3.05) is 7.05 Å². The minimum atomic E-state index is 0.156. The number of nitrogens with two attached hydrogens (primary N) is 1. The van der Waals surface area contributed by atoms with Crippen LogP contribution in [0.1, 0.15) is 34.1 Å². The molecule has 0 fully saturated rings. The molecular weight excluding hydrogens is 148 g/mol. The van der Waals surface area contributed by atoms with E-state index in [4.69, 9.17) is 5.73 Å². The van der Waals surface area contributed by atoms with Crippen LogP contribution in [0.5, 0.6) is 0 Å². The van der Waals surface area contributed by atoms with E-state index in [-0.39, 0.29) is 5.54 Å². The van der Waals surface area contributed by atoms with Crippen molar-refractivity contribution in [2.45, 2.75) is 45.7 Å². The number of rotatable bonds is 3. The molecule has 2 heteroatoms. The fourth-order valence-corrected chi connectivity index (χ4v) is 1.25. The van der Waals surface area contributed by atoms with Gasteiger partial charge in [0, 0.05) is 17.3 Å². The highest BCUT2D eigenvalue weighted by molar-refractivity contribution is 5.02. The molecule has 0 rings (SSSR count). The molecule has 1 atom stereocenters. The molecule has 0 saturated heterocycles. The number of hydrogen-bond acceptors (Lipinski definition) is 2. The molecule has 72 valence electrons. The lowest BCUT2D eigenvalue weighted by atomic mass is 10.0. The average Bonchev–Trinajstić information content (AvgIpc) is 1.86. The standard InChI is InChI=1S/C10H22N2/c1-7-9(8(2)11)12(6)10(3,4)5/h9H,2,7,11H2,1,3-6H3. The first-order chi connectivity index (χ1) is 5.30. The fraction of sp³-hybridized carbons (Fsp3) is 0.800. The zero-order valence-electron chi connectivity index (χ0n) is 9.02. The zero-order chi connectivity index (χ0) is 9.94. The van der Waals surface area contributed by atoms with E-state index in [2.05, 4.69) is 46.2 Å². The Labute approximate surface area is 76.4 Å². The van der Waals surface area contributed by atoms with Crippen molar-refractivity contribution >= 4 is 0 Å². The maximum atomic E-state index is 5.71. The normalized spacial score (nSPS) is 14.8. The lowest BCUT2D eigenvalue weighted by Crippen LogP contribution is -2.47. The molecule has 0 amide bonds. The van der Waals surface area contributed by atoms with E-state index in [9.17, 15) is 0 Å². The van der Waals surface area contributed by atoms with E-state index in [1.165, 1.54) is 0 Å². The molecule has 12 heavy (non-hydrogen) atoms. The van der Waals surface area contributed by atoms with Gasteiger partial charge in [0.2, 0.25) is 0 Å². The minimum Gasteiger partial charge on any atom is -0.401 e. The largest absolute Gasteiger partial charge is 0.401 e. The Bertz CT molecular complexity index is 156. The molecule has 0 aromatic rings. The van der Waals surface area contributed by atoms with Gasteiger partial charge in [0.05, 0.1) is 0 Å². The van der Waals surface area contributed by atoms with E-state index < -0.39 is 0 Å². The topological polar surface area (TPSA) is 29.3 Å². The third kappa shape index (κ3) is 2.86. The quantitative estimate of drug-likeness (QED) is 0.701. The minimum absolute atomic E-state index is 0.156. The average molecular weight is 170 g/mol. The number of nitrogens with zero attached hydrogens (tertiary/aromatic N) is 1. The van der Waals surface area contributed by atoms with Crippen LogP contribution in [0.15, 0.2) is 12.3 Å². The molecule has 0 aromatic carbocycles. The summed E-state index contributed by atoms with van der Waals surface area (Å²) in [6.07, 6.45) is 1.02. The van der Waals surface area contributed by atoms with Crippen LogP contribution in [0, 0.1) is 0 Å². The number of likely N-dealkylation sites (N-methyl/N-ethyl adjacent to an activating group) is 1. The lowest BCUT2D eigenvalue weighted by molar-refractivity contribution is 0.132. The van der Waals surface area contributed by atoms with Gasteiger partial charge in [-0.15, -0.1) is 0 Å². The molecule has 0 aromatic heterocycles. The molecule has 0 aliphatic rings. The summed E-state index contributed by atoms with van der Waals surface area (Å²) in [5.41, 5.74) is 6.62. The van der Waals surface area contributed by atoms with E-state index in [1.54, 1.807) is 0 Å². The number of hydrogen-bond donors (Lipinski definition) is 1. The Morgan fingerprint density at radius 2 is 1.92 bits per heavy atom. The predicted octanol–water partition coefficient (Wildman–Crippen LogP) is 1.97. The van der Waals surface area contributed by atoms with Crippen LogP contribution in [0.3, 0.4) is 0 Å². The molecule has 0 radical (unpaired) electrons. The summed E-state index contributed by atoms with van der Waals surface area (Å²) in [4.78, 5) is 2.26. The maximum absolute atomic E-state index is 5.71. The molecule has 0 saturated carbocycles. The van der Waals surface area contributed by atoms with Crippen molar-refractivity contribution in [1.82, 2.24) is 4.90 Å². The third-order valence-electron chi connectivity index (χ3n) is 2.34. The monoisotopic (exact) mass is 170 g/mol. The Morgan fingerprint density at radius 3 is 2.00 bits per heavy atom. The molecule has 1 unspecified atom stereocenters. The Hall–Kier alpha value is -0.500. The van der Waals surface area contributed by atoms with Crippen molar-refractivity contribution in [3.63, 3.8) is 0 Å². The van der Waals surface area contributed by atoms with E-state index in [0.29, 0.717) is 6.04 Å². The van der Waals surface area contributed by atoms with E-state index >= 15 is 0 Å². The molecule has 0 spiro atoms. The van der Waals surface area contributed by atoms with E-state index in [0.717, 1.165) is 12.1 Å². The molecule has 2 N–H and O–H groups in total. The van der Waals surface area contributed by atoms with Crippen molar-refractivity contribution < 1.29 is 0 Å². The van der Waals surface area contributed by atoms with Gasteiger partial charge in [-0.25, -0.2) is 0 Å². The smallest absolute Gasteiger partial charge is 0.0486 e. The van der Waals surface area contributed by atoms with Crippen molar-refractivity contribution in [1.29, 1.82) is 0 Å². The van der Waals surface area contributed by atoms with Gasteiger partial charge >= 0.3 is 0 Å². The first-order valence-electron chi connectivity index (χ1n) is 4.48. The Balaban J connectivity index is 4.42. The summed E-state index contributed by atoms with van der Waals surface area (Å²) < 4.78 is 0. The van der Waals surface area contributed by atoms with Crippen LogP contribution in [-0.4, -0.2) is 23.5 Å². The first kappa shape index (κ1) is 11.5. The summed E-state index contributed by atoms with van der Waals surface area (Å²) in [7, 11) is 2.09. The highest BCUT2D eigenvalue weighted by atomic mass is 15.2. The SMILES string of the molecule is C=C(N)C(CC)N(C)C(C)(C)C. The van der Waals surface area contributed by atoms with Crippen molar-refractivity contribution in [3.8, 4) is 0 Å². The van der Waals surface area contributed by atoms with Crippen LogP contribution in [-0.2, 0) is 0 Å². The molecular formula is C10H22N2. The predicted molar refractivity (Wildman–Crippen MR) is 54.9 cm³/mol. The van der Waals surface area contributed by atoms with E-state index in [1.807, 2.05) is 0 Å². The summed E-state index contributed by atoms with van der Waals surface area (Å²) >= 11 is 0. The van der Waals surface area contributed by atoms with Gasteiger partial charge < -0.3 is 5.73 Å². The van der Waals surface area contributed by atoms with Crippen LogP contribution in [0.2, 0.25) is 0 Å². The van der Waals surface area contributed by atoms with Gasteiger partial charge in [0.15, 0.2) is 0 Å². The van der Waals surface area contributed by atoms with Gasteiger partial charge in [-0.3, -0.25) is 4.90 Å². The van der Waals surface area contributed by atoms with Crippen molar-refractivity contribution in [2.24, 2.45) is 5.73 Å². The van der Waals surface area contributed by atoms with Crippen LogP contribution < -0.4 is 5.73 Å². The first-order valence-corrected chi connectivity index (χ1v) is 4.48. The molecule has 0 bridgehead atoms. The van der Waals surface area contributed by atoms with Crippen LogP contribution >= 0.6 is 0 Å². The van der Waals surface area contributed by atoms with Crippen LogP contribution in [0.25, 0.3) is 0 Å². The highest BCUT2D eigenvalue weighted by Gasteiger charge is 2.24. The Morgan fingerprint density at radius 1 is 1.50 bits per heavy atom. The molecule has 0 aliphatic heterocycles.